The molecule has 0 fully saturated rings. The molecule has 0 amide bonds. The lowest BCUT2D eigenvalue weighted by molar-refractivity contribution is 0.528. The fraction of sp³-hybridized carbons (Fsp3) is 0.133. The van der Waals surface area contributed by atoms with Gasteiger partial charge >= 0.3 is 5.76 Å². The van der Waals surface area contributed by atoms with Gasteiger partial charge in [-0.3, -0.25) is 4.57 Å². The van der Waals surface area contributed by atoms with Crippen LogP contribution in [0.4, 0.5) is 0 Å². The van der Waals surface area contributed by atoms with Crippen LogP contribution in [-0.4, -0.2) is 4.57 Å². The number of halogens is 3. The quantitative estimate of drug-likeness (QED) is 0.534. The van der Waals surface area contributed by atoms with Crippen molar-refractivity contribution < 1.29 is 4.42 Å². The van der Waals surface area contributed by atoms with Gasteiger partial charge in [0.05, 0.1) is 15.4 Å². The fourth-order valence-electron chi connectivity index (χ4n) is 2.17. The van der Waals surface area contributed by atoms with E-state index in [9.17, 15) is 4.79 Å². The highest BCUT2D eigenvalue weighted by Gasteiger charge is 2.14. The predicted molar refractivity (Wildman–Crippen MR) is 91.4 cm³/mol. The molecule has 1 heterocycles. The van der Waals surface area contributed by atoms with E-state index in [0.717, 1.165) is 21.1 Å². The molecule has 2 aromatic carbocycles. The van der Waals surface area contributed by atoms with Crippen LogP contribution in [0.15, 0.2) is 50.1 Å². The Kier molecular flexibility index (Phi) is 3.99. The second kappa shape index (κ2) is 5.63. The average Bonchev–Trinajstić information content (AvgIpc) is 2.76. The van der Waals surface area contributed by atoms with Crippen molar-refractivity contribution in [1.29, 1.82) is 0 Å². The molecule has 0 bridgehead atoms. The van der Waals surface area contributed by atoms with E-state index in [2.05, 4.69) is 31.9 Å². The predicted octanol–water partition coefficient (Wildman–Crippen LogP) is 5.03. The Labute approximate surface area is 142 Å². The van der Waals surface area contributed by atoms with Gasteiger partial charge in [0.15, 0.2) is 5.58 Å². The van der Waals surface area contributed by atoms with Crippen LogP contribution in [0.3, 0.4) is 0 Å². The van der Waals surface area contributed by atoms with Gasteiger partial charge in [0.1, 0.15) is 0 Å². The van der Waals surface area contributed by atoms with Gasteiger partial charge in [0.2, 0.25) is 0 Å². The highest BCUT2D eigenvalue weighted by Crippen LogP contribution is 2.35. The number of hydrogen-bond acceptors (Lipinski definition) is 2. The summed E-state index contributed by atoms with van der Waals surface area (Å²) in [6.07, 6.45) is 0. The van der Waals surface area contributed by atoms with Crippen LogP contribution < -0.4 is 5.76 Å². The van der Waals surface area contributed by atoms with Crippen molar-refractivity contribution in [2.45, 2.75) is 4.83 Å². The van der Waals surface area contributed by atoms with Gasteiger partial charge in [-0.05, 0) is 51.3 Å². The standard InChI is InChI=1S/C15H10Br2ClNO2/c1-19-12-5-3-9(7-13(12)21-15(19)20)14(17)8-2-4-10(16)11(18)6-8/h2-7,14H,1H3. The Morgan fingerprint density at radius 1 is 1.19 bits per heavy atom. The van der Waals surface area contributed by atoms with Crippen LogP contribution in [0, 0.1) is 0 Å². The van der Waals surface area contributed by atoms with Crippen molar-refractivity contribution in [3.8, 4) is 0 Å². The number of aromatic nitrogens is 1. The van der Waals surface area contributed by atoms with Gasteiger partial charge < -0.3 is 4.42 Å². The molecule has 0 aliphatic rings. The molecule has 3 nitrogen and oxygen atoms in total. The highest BCUT2D eigenvalue weighted by molar-refractivity contribution is 9.10. The number of nitrogens with zero attached hydrogens (tertiary/aromatic N) is 1. The first-order chi connectivity index (χ1) is 9.97. The van der Waals surface area contributed by atoms with Crippen molar-refractivity contribution in [3.05, 3.63) is 67.6 Å². The van der Waals surface area contributed by atoms with Crippen LogP contribution in [0.5, 0.6) is 0 Å². The van der Waals surface area contributed by atoms with Gasteiger partial charge in [0.25, 0.3) is 0 Å². The molecule has 6 heteroatoms. The molecule has 1 atom stereocenters. The molecule has 108 valence electrons. The van der Waals surface area contributed by atoms with E-state index in [-0.39, 0.29) is 10.6 Å². The summed E-state index contributed by atoms with van der Waals surface area (Å²) in [7, 11) is 1.69. The van der Waals surface area contributed by atoms with Gasteiger partial charge in [-0.2, -0.15) is 0 Å². The number of fused-ring (bicyclic) bond motifs is 1. The smallest absolute Gasteiger partial charge is 0.408 e. The minimum atomic E-state index is -0.361. The van der Waals surface area contributed by atoms with Gasteiger partial charge in [-0.15, -0.1) is 0 Å². The minimum absolute atomic E-state index is 0.0296. The van der Waals surface area contributed by atoms with E-state index < -0.39 is 0 Å². The summed E-state index contributed by atoms with van der Waals surface area (Å²) in [5.41, 5.74) is 3.38. The van der Waals surface area contributed by atoms with Crippen molar-refractivity contribution in [2.24, 2.45) is 7.05 Å². The van der Waals surface area contributed by atoms with E-state index in [1.807, 2.05) is 36.4 Å². The summed E-state index contributed by atoms with van der Waals surface area (Å²) in [5.74, 6) is -0.361. The van der Waals surface area contributed by atoms with Crippen LogP contribution in [0.25, 0.3) is 11.1 Å². The maximum absolute atomic E-state index is 11.5. The Balaban J connectivity index is 2.06. The van der Waals surface area contributed by atoms with Gasteiger partial charge in [-0.25, -0.2) is 4.79 Å². The largest absolute Gasteiger partial charge is 0.419 e. The molecular formula is C15H10Br2ClNO2. The topological polar surface area (TPSA) is 35.1 Å². The van der Waals surface area contributed by atoms with Crippen molar-refractivity contribution in [3.63, 3.8) is 0 Å². The summed E-state index contributed by atoms with van der Waals surface area (Å²) in [4.78, 5) is 11.5. The SMILES string of the molecule is Cn1c(=O)oc2cc(C(Br)c3ccc(Br)c(Cl)c3)ccc21. The second-order valence-electron chi connectivity index (χ2n) is 4.69. The molecule has 0 aliphatic carbocycles. The number of rotatable bonds is 2. The zero-order chi connectivity index (χ0) is 15.1. The molecule has 0 N–H and O–H groups in total. The maximum atomic E-state index is 11.5. The first-order valence-corrected chi connectivity index (χ1v) is 8.24. The van der Waals surface area contributed by atoms with Crippen LogP contribution in [-0.2, 0) is 7.05 Å². The Morgan fingerprint density at radius 2 is 1.86 bits per heavy atom. The van der Waals surface area contributed by atoms with Crippen molar-refractivity contribution >= 4 is 54.6 Å². The summed E-state index contributed by atoms with van der Waals surface area (Å²) in [6.45, 7) is 0. The molecule has 3 aromatic rings. The third-order valence-corrected chi connectivity index (χ3v) is 5.64. The Hall–Kier alpha value is -1.04. The molecule has 0 saturated heterocycles. The second-order valence-corrected chi connectivity index (χ2v) is 6.87. The lowest BCUT2D eigenvalue weighted by atomic mass is 10.0. The molecule has 1 aromatic heterocycles. The average molecular weight is 432 g/mol. The molecule has 21 heavy (non-hydrogen) atoms. The monoisotopic (exact) mass is 429 g/mol. The first kappa shape index (κ1) is 14.9. The number of hydrogen-bond donors (Lipinski definition) is 0. The Bertz CT molecular complexity index is 885. The third-order valence-electron chi connectivity index (χ3n) is 3.35. The molecule has 0 saturated carbocycles. The van der Waals surface area contributed by atoms with Crippen LogP contribution in [0.1, 0.15) is 16.0 Å². The number of benzene rings is 2. The van der Waals surface area contributed by atoms with Crippen LogP contribution >= 0.6 is 43.5 Å². The Morgan fingerprint density at radius 3 is 2.57 bits per heavy atom. The van der Waals surface area contributed by atoms with E-state index in [0.29, 0.717) is 10.6 Å². The summed E-state index contributed by atoms with van der Waals surface area (Å²) >= 11 is 13.2. The summed E-state index contributed by atoms with van der Waals surface area (Å²) < 4.78 is 7.56. The molecule has 1 unspecified atom stereocenters. The van der Waals surface area contributed by atoms with E-state index in [1.54, 1.807) is 7.05 Å². The lowest BCUT2D eigenvalue weighted by Crippen LogP contribution is -2.08. The number of oxazole rings is 1. The zero-order valence-corrected chi connectivity index (χ0v) is 14.9. The van der Waals surface area contributed by atoms with Gasteiger partial charge in [-0.1, -0.05) is 39.7 Å². The third kappa shape index (κ3) is 2.70. The van der Waals surface area contributed by atoms with Crippen molar-refractivity contribution in [2.75, 3.05) is 0 Å². The van der Waals surface area contributed by atoms with E-state index >= 15 is 0 Å². The maximum Gasteiger partial charge on any atom is 0.419 e. The minimum Gasteiger partial charge on any atom is -0.408 e. The lowest BCUT2D eigenvalue weighted by Gasteiger charge is -2.11. The summed E-state index contributed by atoms with van der Waals surface area (Å²) in [6, 6.07) is 11.5. The van der Waals surface area contributed by atoms with Gasteiger partial charge in [0, 0.05) is 11.5 Å². The van der Waals surface area contributed by atoms with E-state index in [1.165, 1.54) is 4.57 Å². The normalized spacial score (nSPS) is 12.8. The number of aryl methyl sites for hydroxylation is 1. The molecule has 3 rings (SSSR count). The zero-order valence-electron chi connectivity index (χ0n) is 10.9. The molecule has 0 spiro atoms. The first-order valence-electron chi connectivity index (χ1n) is 6.16. The molecule has 0 radical (unpaired) electrons. The van der Waals surface area contributed by atoms with Crippen LogP contribution in [0.2, 0.25) is 5.02 Å². The number of alkyl halides is 1. The van der Waals surface area contributed by atoms with Crippen molar-refractivity contribution in [1.82, 2.24) is 4.57 Å². The van der Waals surface area contributed by atoms with E-state index in [4.69, 9.17) is 16.0 Å². The summed E-state index contributed by atoms with van der Waals surface area (Å²) in [5, 5.41) is 0.657. The molecule has 0 aliphatic heterocycles. The highest BCUT2D eigenvalue weighted by atomic mass is 79.9. The fourth-order valence-corrected chi connectivity index (χ4v) is 3.18. The molecular weight excluding hydrogens is 421 g/mol.